The molecule has 8 nitrogen and oxygen atoms in total. The highest BCUT2D eigenvalue weighted by atomic mass is 79.9. The van der Waals surface area contributed by atoms with Crippen LogP contribution in [0, 0.1) is 0 Å². The second kappa shape index (κ2) is 8.44. The first kappa shape index (κ1) is 19.7. The number of aromatic nitrogens is 3. The van der Waals surface area contributed by atoms with Crippen LogP contribution in [0.4, 0.5) is 17.5 Å². The fraction of sp³-hybridized carbons (Fsp3) is 0.211. The molecule has 1 saturated heterocycles. The lowest BCUT2D eigenvalue weighted by molar-refractivity contribution is 0.383. The number of anilines is 3. The van der Waals surface area contributed by atoms with Gasteiger partial charge >= 0.3 is 0 Å². The van der Waals surface area contributed by atoms with Crippen molar-refractivity contribution in [2.45, 2.75) is 4.90 Å². The smallest absolute Gasteiger partial charge is 0.244 e. The van der Waals surface area contributed by atoms with Crippen molar-refractivity contribution in [1.29, 1.82) is 0 Å². The Morgan fingerprint density at radius 1 is 0.897 bits per heavy atom. The summed E-state index contributed by atoms with van der Waals surface area (Å²) in [5, 5.41) is 3.14. The van der Waals surface area contributed by atoms with Crippen molar-refractivity contribution in [3.05, 3.63) is 65.5 Å². The van der Waals surface area contributed by atoms with E-state index in [1.807, 2.05) is 24.3 Å². The fourth-order valence-electron chi connectivity index (χ4n) is 3.11. The van der Waals surface area contributed by atoms with Crippen molar-refractivity contribution >= 4 is 43.4 Å². The van der Waals surface area contributed by atoms with E-state index in [-0.39, 0.29) is 4.90 Å². The van der Waals surface area contributed by atoms with Crippen LogP contribution in [-0.4, -0.2) is 53.9 Å². The normalized spacial score (nSPS) is 15.3. The van der Waals surface area contributed by atoms with Gasteiger partial charge in [0.2, 0.25) is 10.0 Å². The molecule has 1 fully saturated rings. The van der Waals surface area contributed by atoms with Gasteiger partial charge in [0.1, 0.15) is 23.8 Å². The molecular formula is C19H19BrN6O2S. The van der Waals surface area contributed by atoms with E-state index in [1.54, 1.807) is 30.5 Å². The summed E-state index contributed by atoms with van der Waals surface area (Å²) < 4.78 is 28.0. The summed E-state index contributed by atoms with van der Waals surface area (Å²) in [6.45, 7) is 1.86. The van der Waals surface area contributed by atoms with Crippen LogP contribution >= 0.6 is 15.9 Å². The molecule has 0 aliphatic carbocycles. The van der Waals surface area contributed by atoms with Crippen molar-refractivity contribution in [2.75, 3.05) is 36.4 Å². The van der Waals surface area contributed by atoms with Gasteiger partial charge in [-0.15, -0.1) is 0 Å². The number of halogens is 1. The third-order valence-corrected chi connectivity index (χ3v) is 7.50. The first-order chi connectivity index (χ1) is 14.0. The third-order valence-electron chi connectivity index (χ3n) is 4.59. The highest BCUT2D eigenvalue weighted by Gasteiger charge is 2.30. The average Bonchev–Trinajstić information content (AvgIpc) is 2.75. The van der Waals surface area contributed by atoms with Crippen molar-refractivity contribution in [1.82, 2.24) is 19.3 Å². The molecule has 3 aromatic rings. The van der Waals surface area contributed by atoms with Crippen LogP contribution in [0.5, 0.6) is 0 Å². The molecule has 0 atom stereocenters. The summed E-state index contributed by atoms with van der Waals surface area (Å²) in [4.78, 5) is 15.1. The minimum Gasteiger partial charge on any atom is -0.354 e. The van der Waals surface area contributed by atoms with E-state index >= 15 is 0 Å². The Morgan fingerprint density at radius 3 is 2.38 bits per heavy atom. The Morgan fingerprint density at radius 2 is 1.66 bits per heavy atom. The number of benzene rings is 1. The number of nitrogens with one attached hydrogen (secondary N) is 1. The second-order valence-corrected chi connectivity index (χ2v) is 9.18. The number of rotatable bonds is 5. The largest absolute Gasteiger partial charge is 0.354 e. The van der Waals surface area contributed by atoms with Gasteiger partial charge in [-0.25, -0.2) is 23.4 Å². The standard InChI is InChI=1S/C19H19BrN6O2S/c20-15-5-1-2-6-16(15)29(27,28)26-11-9-25(10-12-26)19-13-18(22-14-23-19)24-17-7-3-4-8-21-17/h1-8,13-14H,9-12H2,(H,21,22,23,24). The number of sulfonamides is 1. The molecule has 2 aromatic heterocycles. The summed E-state index contributed by atoms with van der Waals surface area (Å²) >= 11 is 3.34. The van der Waals surface area contributed by atoms with Crippen LogP contribution in [0.1, 0.15) is 0 Å². The summed E-state index contributed by atoms with van der Waals surface area (Å²) in [5.74, 6) is 2.08. The maximum Gasteiger partial charge on any atom is 0.244 e. The van der Waals surface area contributed by atoms with Crippen LogP contribution in [-0.2, 0) is 10.0 Å². The molecule has 29 heavy (non-hydrogen) atoms. The molecule has 10 heteroatoms. The molecule has 0 bridgehead atoms. The molecule has 0 unspecified atom stereocenters. The predicted molar refractivity (Wildman–Crippen MR) is 115 cm³/mol. The quantitative estimate of drug-likeness (QED) is 0.607. The first-order valence-electron chi connectivity index (χ1n) is 9.04. The van der Waals surface area contributed by atoms with Crippen LogP contribution in [0.3, 0.4) is 0 Å². The highest BCUT2D eigenvalue weighted by molar-refractivity contribution is 9.10. The van der Waals surface area contributed by atoms with Gasteiger partial charge in [0.15, 0.2) is 0 Å². The van der Waals surface area contributed by atoms with Gasteiger partial charge in [0.25, 0.3) is 0 Å². The zero-order chi connectivity index (χ0) is 20.3. The Bertz CT molecular complexity index is 1090. The number of piperazine rings is 1. The molecule has 1 aliphatic rings. The van der Waals surface area contributed by atoms with Gasteiger partial charge in [-0.3, -0.25) is 0 Å². The van der Waals surface area contributed by atoms with Crippen LogP contribution in [0.15, 0.2) is 70.4 Å². The fourth-order valence-corrected chi connectivity index (χ4v) is 5.49. The second-order valence-electron chi connectivity index (χ2n) is 6.42. The van der Waals surface area contributed by atoms with Crippen molar-refractivity contribution in [3.63, 3.8) is 0 Å². The lowest BCUT2D eigenvalue weighted by Crippen LogP contribution is -2.49. The Hall–Kier alpha value is -2.56. The molecule has 1 aromatic carbocycles. The summed E-state index contributed by atoms with van der Waals surface area (Å²) in [6, 6.07) is 14.3. The number of hydrogen-bond donors (Lipinski definition) is 1. The molecule has 3 heterocycles. The minimum absolute atomic E-state index is 0.289. The van der Waals surface area contributed by atoms with Crippen LogP contribution in [0.25, 0.3) is 0 Å². The van der Waals surface area contributed by atoms with Gasteiger partial charge in [-0.05, 0) is 40.2 Å². The molecule has 0 saturated carbocycles. The SMILES string of the molecule is O=S(=O)(c1ccccc1Br)N1CCN(c2cc(Nc3ccccn3)ncn2)CC1. The molecular weight excluding hydrogens is 456 g/mol. The Balaban J connectivity index is 1.45. The van der Waals surface area contributed by atoms with E-state index in [0.29, 0.717) is 42.3 Å². The predicted octanol–water partition coefficient (Wildman–Crippen LogP) is 2.89. The maximum atomic E-state index is 12.9. The highest BCUT2D eigenvalue weighted by Crippen LogP contribution is 2.26. The Kier molecular flexibility index (Phi) is 5.74. The molecule has 4 rings (SSSR count). The summed E-state index contributed by atoms with van der Waals surface area (Å²) in [5.41, 5.74) is 0. The van der Waals surface area contributed by atoms with E-state index in [4.69, 9.17) is 0 Å². The molecule has 0 spiro atoms. The van der Waals surface area contributed by atoms with Gasteiger partial charge in [-0.2, -0.15) is 4.31 Å². The lowest BCUT2D eigenvalue weighted by Gasteiger charge is -2.34. The van der Waals surface area contributed by atoms with E-state index < -0.39 is 10.0 Å². The Labute approximate surface area is 177 Å². The van der Waals surface area contributed by atoms with Crippen LogP contribution < -0.4 is 10.2 Å². The average molecular weight is 475 g/mol. The number of hydrogen-bond acceptors (Lipinski definition) is 7. The maximum absolute atomic E-state index is 12.9. The van der Waals surface area contributed by atoms with E-state index in [1.165, 1.54) is 10.6 Å². The van der Waals surface area contributed by atoms with Gasteiger partial charge in [-0.1, -0.05) is 18.2 Å². The number of nitrogens with zero attached hydrogens (tertiary/aromatic N) is 5. The molecule has 0 amide bonds. The monoisotopic (exact) mass is 474 g/mol. The lowest BCUT2D eigenvalue weighted by atomic mass is 10.3. The number of pyridine rings is 1. The van der Waals surface area contributed by atoms with Gasteiger partial charge < -0.3 is 10.2 Å². The van der Waals surface area contributed by atoms with Crippen molar-refractivity contribution < 1.29 is 8.42 Å². The topological polar surface area (TPSA) is 91.3 Å². The molecule has 0 radical (unpaired) electrons. The minimum atomic E-state index is -3.54. The summed E-state index contributed by atoms with van der Waals surface area (Å²) in [7, 11) is -3.54. The summed E-state index contributed by atoms with van der Waals surface area (Å²) in [6.07, 6.45) is 3.19. The van der Waals surface area contributed by atoms with Gasteiger partial charge in [0.05, 0.1) is 4.90 Å². The molecule has 1 N–H and O–H groups in total. The molecule has 150 valence electrons. The van der Waals surface area contributed by atoms with Crippen LogP contribution in [0.2, 0.25) is 0 Å². The van der Waals surface area contributed by atoms with E-state index in [0.717, 1.165) is 5.82 Å². The third kappa shape index (κ3) is 4.39. The van der Waals surface area contributed by atoms with Crippen molar-refractivity contribution in [3.8, 4) is 0 Å². The zero-order valence-electron chi connectivity index (χ0n) is 15.4. The zero-order valence-corrected chi connectivity index (χ0v) is 17.8. The van der Waals surface area contributed by atoms with Crippen molar-refractivity contribution in [2.24, 2.45) is 0 Å². The first-order valence-corrected chi connectivity index (χ1v) is 11.3. The van der Waals surface area contributed by atoms with E-state index in [9.17, 15) is 8.42 Å². The molecule has 1 aliphatic heterocycles. The van der Waals surface area contributed by atoms with E-state index in [2.05, 4.69) is 41.1 Å². The van der Waals surface area contributed by atoms with Gasteiger partial charge in [0, 0.05) is 42.9 Å².